The number of hydrogen-bond acceptors (Lipinski definition) is 5. The second-order valence-corrected chi connectivity index (χ2v) is 5.99. The summed E-state index contributed by atoms with van der Waals surface area (Å²) in [4.78, 5) is 25.0. The smallest absolute Gasteiger partial charge is 0.270 e. The Morgan fingerprint density at radius 2 is 1.93 bits per heavy atom. The Kier molecular flexibility index (Phi) is 6.04. The van der Waals surface area contributed by atoms with Gasteiger partial charge in [-0.05, 0) is 43.2 Å². The molecule has 0 aliphatic carbocycles. The molecule has 0 saturated carbocycles. The van der Waals surface area contributed by atoms with Crippen LogP contribution < -0.4 is 10.6 Å². The number of nitrogens with one attached hydrogen (secondary N) is 2. The first-order valence-corrected chi connectivity index (χ1v) is 8.62. The first kappa shape index (κ1) is 18.4. The highest BCUT2D eigenvalue weighted by Gasteiger charge is 2.10. The lowest BCUT2D eigenvalue weighted by molar-refractivity contribution is 0.0945. The maximum atomic E-state index is 12.9. The van der Waals surface area contributed by atoms with E-state index in [-0.39, 0.29) is 11.7 Å². The normalized spacial score (nSPS) is 10.4. The molecule has 2 heterocycles. The molecule has 6 nitrogen and oxygen atoms in total. The molecule has 1 aromatic carbocycles. The van der Waals surface area contributed by atoms with Gasteiger partial charge in [-0.2, -0.15) is 0 Å². The SMILES string of the molecule is Cc1nc(NCCc2ccc(F)cc2)cc(C(=O)NCc2ccccn2)n1. The lowest BCUT2D eigenvalue weighted by Gasteiger charge is -2.09. The van der Waals surface area contributed by atoms with Crippen molar-refractivity contribution in [2.45, 2.75) is 19.9 Å². The zero-order valence-corrected chi connectivity index (χ0v) is 14.9. The van der Waals surface area contributed by atoms with E-state index in [1.807, 2.05) is 18.2 Å². The number of anilines is 1. The predicted octanol–water partition coefficient (Wildman–Crippen LogP) is 2.90. The van der Waals surface area contributed by atoms with Gasteiger partial charge >= 0.3 is 0 Å². The van der Waals surface area contributed by atoms with Gasteiger partial charge in [-0.25, -0.2) is 14.4 Å². The van der Waals surface area contributed by atoms with Crippen molar-refractivity contribution in [3.63, 3.8) is 0 Å². The van der Waals surface area contributed by atoms with Gasteiger partial charge < -0.3 is 10.6 Å². The summed E-state index contributed by atoms with van der Waals surface area (Å²) in [5.74, 6) is 0.546. The summed E-state index contributed by atoms with van der Waals surface area (Å²) >= 11 is 0. The summed E-state index contributed by atoms with van der Waals surface area (Å²) in [6.07, 6.45) is 2.39. The summed E-state index contributed by atoms with van der Waals surface area (Å²) in [5, 5.41) is 5.98. The highest BCUT2D eigenvalue weighted by molar-refractivity contribution is 5.92. The van der Waals surface area contributed by atoms with Crippen LogP contribution in [-0.2, 0) is 13.0 Å². The summed E-state index contributed by atoms with van der Waals surface area (Å²) in [5.41, 5.74) is 2.08. The molecule has 0 aliphatic rings. The van der Waals surface area contributed by atoms with E-state index >= 15 is 0 Å². The summed E-state index contributed by atoms with van der Waals surface area (Å²) in [7, 11) is 0. The molecule has 3 aromatic rings. The van der Waals surface area contributed by atoms with Crippen LogP contribution in [0.1, 0.15) is 27.6 Å². The molecule has 27 heavy (non-hydrogen) atoms. The molecule has 2 aromatic heterocycles. The number of pyridine rings is 1. The van der Waals surface area contributed by atoms with E-state index in [0.717, 1.165) is 11.3 Å². The number of nitrogens with zero attached hydrogens (tertiary/aromatic N) is 3. The molecule has 0 atom stereocenters. The van der Waals surface area contributed by atoms with E-state index < -0.39 is 0 Å². The third kappa shape index (κ3) is 5.57. The molecule has 0 fully saturated rings. The number of aryl methyl sites for hydroxylation is 1. The zero-order chi connectivity index (χ0) is 19.1. The van der Waals surface area contributed by atoms with Crippen molar-refractivity contribution in [3.05, 3.63) is 83.3 Å². The minimum absolute atomic E-state index is 0.250. The first-order valence-electron chi connectivity index (χ1n) is 8.62. The van der Waals surface area contributed by atoms with Crippen LogP contribution in [0, 0.1) is 12.7 Å². The van der Waals surface area contributed by atoms with Gasteiger partial charge in [0.15, 0.2) is 0 Å². The lowest BCUT2D eigenvalue weighted by Crippen LogP contribution is -2.25. The zero-order valence-electron chi connectivity index (χ0n) is 14.9. The number of carbonyl (C=O) groups excluding carboxylic acids is 1. The van der Waals surface area contributed by atoms with Gasteiger partial charge in [0.1, 0.15) is 23.2 Å². The van der Waals surface area contributed by atoms with E-state index in [9.17, 15) is 9.18 Å². The van der Waals surface area contributed by atoms with Gasteiger partial charge in [0.25, 0.3) is 5.91 Å². The Bertz CT molecular complexity index is 900. The molecule has 0 radical (unpaired) electrons. The fourth-order valence-corrected chi connectivity index (χ4v) is 2.52. The van der Waals surface area contributed by atoms with E-state index in [1.54, 1.807) is 31.3 Å². The fraction of sp³-hybridized carbons (Fsp3) is 0.200. The minimum atomic E-state index is -0.285. The lowest BCUT2D eigenvalue weighted by atomic mass is 10.1. The number of amides is 1. The van der Waals surface area contributed by atoms with Crippen molar-refractivity contribution in [1.82, 2.24) is 20.3 Å². The van der Waals surface area contributed by atoms with Crippen LogP contribution >= 0.6 is 0 Å². The van der Waals surface area contributed by atoms with Crippen molar-refractivity contribution >= 4 is 11.7 Å². The predicted molar refractivity (Wildman–Crippen MR) is 101 cm³/mol. The highest BCUT2D eigenvalue weighted by atomic mass is 19.1. The molecule has 1 amide bonds. The standard InChI is InChI=1S/C20H20FN5O/c1-14-25-18(20(27)24-13-17-4-2-3-10-22-17)12-19(26-14)23-11-9-15-5-7-16(21)8-6-15/h2-8,10,12H,9,11,13H2,1H3,(H,24,27)(H,23,25,26). The maximum Gasteiger partial charge on any atom is 0.270 e. The second kappa shape index (κ2) is 8.84. The molecule has 0 aliphatic heterocycles. The largest absolute Gasteiger partial charge is 0.370 e. The van der Waals surface area contributed by atoms with Crippen molar-refractivity contribution in [2.75, 3.05) is 11.9 Å². The first-order chi connectivity index (χ1) is 13.1. The van der Waals surface area contributed by atoms with E-state index in [4.69, 9.17) is 0 Å². The molecule has 0 saturated heterocycles. The molecule has 0 bridgehead atoms. The van der Waals surface area contributed by atoms with Gasteiger partial charge in [0, 0.05) is 18.8 Å². The number of carbonyl (C=O) groups is 1. The third-order valence-corrected chi connectivity index (χ3v) is 3.86. The molecule has 138 valence electrons. The highest BCUT2D eigenvalue weighted by Crippen LogP contribution is 2.09. The van der Waals surface area contributed by atoms with Gasteiger partial charge in [-0.1, -0.05) is 18.2 Å². The van der Waals surface area contributed by atoms with Crippen LogP contribution in [0.4, 0.5) is 10.2 Å². The maximum absolute atomic E-state index is 12.9. The van der Waals surface area contributed by atoms with Gasteiger partial charge in [0.05, 0.1) is 12.2 Å². The van der Waals surface area contributed by atoms with Gasteiger partial charge in [-0.15, -0.1) is 0 Å². The Morgan fingerprint density at radius 1 is 1.11 bits per heavy atom. The van der Waals surface area contributed by atoms with Crippen LogP contribution in [0.3, 0.4) is 0 Å². The molecule has 0 spiro atoms. The summed E-state index contributed by atoms with van der Waals surface area (Å²) < 4.78 is 12.9. The Labute approximate surface area is 156 Å². The number of hydrogen-bond donors (Lipinski definition) is 2. The van der Waals surface area contributed by atoms with Crippen LogP contribution in [0.5, 0.6) is 0 Å². The second-order valence-electron chi connectivity index (χ2n) is 5.99. The number of aromatic nitrogens is 3. The molecule has 2 N–H and O–H groups in total. The summed E-state index contributed by atoms with van der Waals surface area (Å²) in [6.45, 7) is 2.67. The van der Waals surface area contributed by atoms with Gasteiger partial charge in [0.2, 0.25) is 0 Å². The van der Waals surface area contributed by atoms with Crippen LogP contribution in [0.25, 0.3) is 0 Å². The molecule has 0 unspecified atom stereocenters. The number of halogens is 1. The van der Waals surface area contributed by atoms with E-state index in [2.05, 4.69) is 25.6 Å². The van der Waals surface area contributed by atoms with Crippen LogP contribution in [-0.4, -0.2) is 27.4 Å². The molecule has 3 rings (SSSR count). The fourth-order valence-electron chi connectivity index (χ4n) is 2.52. The monoisotopic (exact) mass is 365 g/mol. The van der Waals surface area contributed by atoms with Crippen LogP contribution in [0.2, 0.25) is 0 Å². The Morgan fingerprint density at radius 3 is 2.67 bits per heavy atom. The van der Waals surface area contributed by atoms with Crippen molar-refractivity contribution in [3.8, 4) is 0 Å². The Balaban J connectivity index is 1.58. The molecule has 7 heteroatoms. The van der Waals surface area contributed by atoms with Crippen LogP contribution in [0.15, 0.2) is 54.7 Å². The number of rotatable bonds is 7. The quantitative estimate of drug-likeness (QED) is 0.673. The number of benzene rings is 1. The molecular formula is C20H20FN5O. The van der Waals surface area contributed by atoms with E-state index in [0.29, 0.717) is 36.8 Å². The van der Waals surface area contributed by atoms with E-state index in [1.165, 1.54) is 12.1 Å². The minimum Gasteiger partial charge on any atom is -0.370 e. The average Bonchev–Trinajstić information content (AvgIpc) is 2.68. The third-order valence-electron chi connectivity index (χ3n) is 3.86. The Hall–Kier alpha value is -3.35. The van der Waals surface area contributed by atoms with Crippen molar-refractivity contribution < 1.29 is 9.18 Å². The average molecular weight is 365 g/mol. The van der Waals surface area contributed by atoms with Gasteiger partial charge in [-0.3, -0.25) is 9.78 Å². The molecular weight excluding hydrogens is 345 g/mol. The van der Waals surface area contributed by atoms with Crippen molar-refractivity contribution in [1.29, 1.82) is 0 Å². The topological polar surface area (TPSA) is 79.8 Å². The van der Waals surface area contributed by atoms with Crippen molar-refractivity contribution in [2.24, 2.45) is 0 Å². The summed E-state index contributed by atoms with van der Waals surface area (Å²) in [6, 6.07) is 13.5.